The summed E-state index contributed by atoms with van der Waals surface area (Å²) >= 11 is 2.83. The number of aromatic nitrogens is 2. The largest absolute Gasteiger partial charge is 0.497 e. The number of carbonyl (C=O) groups is 1. The van der Waals surface area contributed by atoms with Crippen molar-refractivity contribution in [1.82, 2.24) is 9.55 Å². The first-order valence-corrected chi connectivity index (χ1v) is 12.3. The van der Waals surface area contributed by atoms with Crippen molar-refractivity contribution in [2.75, 3.05) is 25.3 Å². The minimum Gasteiger partial charge on any atom is -0.497 e. The Morgan fingerprint density at radius 2 is 2.00 bits per heavy atom. The number of nitrogens with zero attached hydrogens (tertiary/aromatic N) is 2. The molecule has 0 saturated heterocycles. The van der Waals surface area contributed by atoms with Gasteiger partial charge >= 0.3 is 0 Å². The van der Waals surface area contributed by atoms with E-state index in [4.69, 9.17) is 14.5 Å². The van der Waals surface area contributed by atoms with Crippen molar-refractivity contribution in [1.29, 1.82) is 0 Å². The normalized spacial score (nSPS) is 14.6. The maximum atomic E-state index is 13.3. The minimum absolute atomic E-state index is 0.0458. The lowest BCUT2D eigenvalue weighted by atomic mass is 10.2. The fourth-order valence-corrected chi connectivity index (χ4v) is 5.51. The number of ether oxygens (including phenoxy) is 2. The number of rotatable bonds is 8. The number of hydrogen-bond acceptors (Lipinski definition) is 7. The lowest BCUT2D eigenvalue weighted by molar-refractivity contribution is -0.113. The number of methoxy groups -OCH3 is 2. The summed E-state index contributed by atoms with van der Waals surface area (Å²) in [4.78, 5) is 31.5. The molecule has 1 amide bonds. The van der Waals surface area contributed by atoms with Gasteiger partial charge in [0.05, 0.1) is 42.8 Å². The molecule has 0 spiro atoms. The van der Waals surface area contributed by atoms with Gasteiger partial charge in [-0.05, 0) is 17.7 Å². The summed E-state index contributed by atoms with van der Waals surface area (Å²) in [5, 5.41) is 3.73. The van der Waals surface area contributed by atoms with Gasteiger partial charge in [0.25, 0.3) is 5.56 Å². The molecule has 1 atom stereocenters. The Morgan fingerprint density at radius 3 is 2.73 bits per heavy atom. The Morgan fingerprint density at radius 1 is 1.21 bits per heavy atom. The van der Waals surface area contributed by atoms with E-state index in [1.165, 1.54) is 11.8 Å². The molecule has 1 N–H and O–H groups in total. The van der Waals surface area contributed by atoms with Crippen molar-refractivity contribution >= 4 is 35.1 Å². The standard InChI is InChI=1S/C24H25N3O4S2/c1-15-11-19-22(33-15)23(29)27(13-16-7-5-4-6-8-16)24(26-19)32-14-21(28)25-18-12-17(30-2)9-10-20(18)31-3/h4-10,12,15H,11,13-14H2,1-3H3,(H,25,28)/t15-/m1/s1. The van der Waals surface area contributed by atoms with E-state index in [0.717, 1.165) is 17.7 Å². The van der Waals surface area contributed by atoms with Crippen LogP contribution in [0.4, 0.5) is 5.69 Å². The second-order valence-electron chi connectivity index (χ2n) is 7.58. The predicted molar refractivity (Wildman–Crippen MR) is 132 cm³/mol. The topological polar surface area (TPSA) is 82.5 Å². The van der Waals surface area contributed by atoms with Crippen LogP contribution in [0.2, 0.25) is 0 Å². The highest BCUT2D eigenvalue weighted by Gasteiger charge is 2.26. The van der Waals surface area contributed by atoms with E-state index in [0.29, 0.717) is 39.0 Å². The number of thioether (sulfide) groups is 2. The zero-order chi connectivity index (χ0) is 23.4. The van der Waals surface area contributed by atoms with Gasteiger partial charge in [-0.2, -0.15) is 0 Å². The second kappa shape index (κ2) is 10.4. The van der Waals surface area contributed by atoms with E-state index in [2.05, 4.69) is 12.2 Å². The molecule has 172 valence electrons. The Labute approximate surface area is 200 Å². The molecule has 2 heterocycles. The zero-order valence-corrected chi connectivity index (χ0v) is 20.3. The first-order chi connectivity index (χ1) is 16.0. The third-order valence-corrected chi connectivity index (χ3v) is 7.35. The zero-order valence-electron chi connectivity index (χ0n) is 18.7. The van der Waals surface area contributed by atoms with Crippen LogP contribution in [-0.4, -0.2) is 40.7 Å². The van der Waals surface area contributed by atoms with Gasteiger partial charge in [0.1, 0.15) is 11.5 Å². The van der Waals surface area contributed by atoms with Gasteiger partial charge in [-0.25, -0.2) is 4.98 Å². The molecule has 0 saturated carbocycles. The van der Waals surface area contributed by atoms with Crippen LogP contribution in [0.25, 0.3) is 0 Å². The van der Waals surface area contributed by atoms with Crippen LogP contribution in [0, 0.1) is 0 Å². The molecule has 0 bridgehead atoms. The first-order valence-electron chi connectivity index (χ1n) is 10.5. The first kappa shape index (κ1) is 23.3. The maximum absolute atomic E-state index is 13.3. The van der Waals surface area contributed by atoms with E-state index in [-0.39, 0.29) is 17.2 Å². The summed E-state index contributed by atoms with van der Waals surface area (Å²) in [6.45, 7) is 2.50. The van der Waals surface area contributed by atoms with Crippen molar-refractivity contribution in [3.05, 3.63) is 70.1 Å². The van der Waals surface area contributed by atoms with E-state index >= 15 is 0 Å². The Hall–Kier alpha value is -2.91. The number of carbonyl (C=O) groups excluding carboxylic acids is 1. The van der Waals surface area contributed by atoms with Gasteiger partial charge in [-0.1, -0.05) is 49.0 Å². The van der Waals surface area contributed by atoms with Crippen LogP contribution >= 0.6 is 23.5 Å². The van der Waals surface area contributed by atoms with Crippen molar-refractivity contribution < 1.29 is 14.3 Å². The number of hydrogen-bond donors (Lipinski definition) is 1. The average Bonchev–Trinajstić information content (AvgIpc) is 3.20. The predicted octanol–water partition coefficient (Wildman–Crippen LogP) is 4.08. The maximum Gasteiger partial charge on any atom is 0.268 e. The third-order valence-electron chi connectivity index (χ3n) is 5.16. The number of nitrogens with one attached hydrogen (secondary N) is 1. The van der Waals surface area contributed by atoms with E-state index in [9.17, 15) is 9.59 Å². The van der Waals surface area contributed by atoms with Crippen molar-refractivity contribution in [3.8, 4) is 11.5 Å². The fraction of sp³-hybridized carbons (Fsp3) is 0.292. The lowest BCUT2D eigenvalue weighted by Gasteiger charge is -2.14. The number of fused-ring (bicyclic) bond motifs is 1. The summed E-state index contributed by atoms with van der Waals surface area (Å²) < 4.78 is 12.2. The third kappa shape index (κ3) is 5.36. The Bertz CT molecular complexity index is 1210. The molecule has 0 fully saturated rings. The van der Waals surface area contributed by atoms with Gasteiger partial charge in [0, 0.05) is 17.7 Å². The highest BCUT2D eigenvalue weighted by Crippen LogP contribution is 2.34. The molecule has 0 radical (unpaired) electrons. The smallest absolute Gasteiger partial charge is 0.268 e. The molecular weight excluding hydrogens is 458 g/mol. The van der Waals surface area contributed by atoms with Gasteiger partial charge < -0.3 is 14.8 Å². The van der Waals surface area contributed by atoms with Crippen molar-refractivity contribution in [3.63, 3.8) is 0 Å². The molecule has 33 heavy (non-hydrogen) atoms. The van der Waals surface area contributed by atoms with Crippen LogP contribution < -0.4 is 20.3 Å². The molecule has 9 heteroatoms. The molecule has 1 aromatic heterocycles. The molecule has 7 nitrogen and oxygen atoms in total. The summed E-state index contributed by atoms with van der Waals surface area (Å²) in [6.07, 6.45) is 0.752. The fourth-order valence-electron chi connectivity index (χ4n) is 3.58. The highest BCUT2D eigenvalue weighted by molar-refractivity contribution is 8.00. The molecule has 2 aromatic carbocycles. The van der Waals surface area contributed by atoms with Crippen LogP contribution in [0.5, 0.6) is 11.5 Å². The Balaban J connectivity index is 1.56. The quantitative estimate of drug-likeness (QED) is 0.382. The summed E-state index contributed by atoms with van der Waals surface area (Å²) in [5.41, 5.74) is 2.30. The molecule has 1 aliphatic heterocycles. The van der Waals surface area contributed by atoms with Crippen LogP contribution in [0.1, 0.15) is 18.2 Å². The Kier molecular flexibility index (Phi) is 7.29. The molecule has 0 aliphatic carbocycles. The van der Waals surface area contributed by atoms with Crippen molar-refractivity contribution in [2.24, 2.45) is 0 Å². The summed E-state index contributed by atoms with van der Waals surface area (Å²) in [5.74, 6) is 1.03. The number of amides is 1. The van der Waals surface area contributed by atoms with Crippen LogP contribution in [-0.2, 0) is 17.8 Å². The van der Waals surface area contributed by atoms with E-state index < -0.39 is 0 Å². The van der Waals surface area contributed by atoms with Gasteiger partial charge in [-0.3, -0.25) is 14.2 Å². The van der Waals surface area contributed by atoms with E-state index in [1.807, 2.05) is 30.3 Å². The average molecular weight is 484 g/mol. The van der Waals surface area contributed by atoms with Gasteiger partial charge in [0.2, 0.25) is 5.91 Å². The lowest BCUT2D eigenvalue weighted by Crippen LogP contribution is -2.26. The number of anilines is 1. The van der Waals surface area contributed by atoms with Crippen LogP contribution in [0.15, 0.2) is 63.4 Å². The van der Waals surface area contributed by atoms with Crippen molar-refractivity contribution in [2.45, 2.75) is 35.2 Å². The van der Waals surface area contributed by atoms with E-state index in [1.54, 1.807) is 48.7 Å². The molecule has 4 rings (SSSR count). The van der Waals surface area contributed by atoms with Gasteiger partial charge in [0.15, 0.2) is 5.16 Å². The molecule has 3 aromatic rings. The van der Waals surface area contributed by atoms with Crippen LogP contribution in [0.3, 0.4) is 0 Å². The molecular formula is C24H25N3O4S2. The highest BCUT2D eigenvalue weighted by atomic mass is 32.2. The number of benzene rings is 2. The summed E-state index contributed by atoms with van der Waals surface area (Å²) in [6, 6.07) is 15.0. The molecule has 0 unspecified atom stereocenters. The summed E-state index contributed by atoms with van der Waals surface area (Å²) in [7, 11) is 3.11. The second-order valence-corrected chi connectivity index (χ2v) is 9.97. The monoisotopic (exact) mass is 483 g/mol. The minimum atomic E-state index is -0.227. The molecule has 1 aliphatic rings. The van der Waals surface area contributed by atoms with Gasteiger partial charge in [-0.15, -0.1) is 11.8 Å². The SMILES string of the molecule is COc1ccc(OC)c(NC(=O)CSc2nc3c(c(=O)n2Cc2ccccc2)S[C@H](C)C3)c1.